The van der Waals surface area contributed by atoms with Crippen LogP contribution < -0.4 is 10.1 Å². The first-order valence-corrected chi connectivity index (χ1v) is 7.61. The van der Waals surface area contributed by atoms with Crippen molar-refractivity contribution < 1.29 is 45.8 Å². The van der Waals surface area contributed by atoms with Crippen LogP contribution in [0.3, 0.4) is 0 Å². The van der Waals surface area contributed by atoms with Crippen LogP contribution in [0.4, 0.5) is 32.4 Å². The summed E-state index contributed by atoms with van der Waals surface area (Å²) in [7, 11) is 0. The van der Waals surface area contributed by atoms with Crippen molar-refractivity contribution >= 4 is 17.7 Å². The van der Waals surface area contributed by atoms with Gasteiger partial charge in [-0.25, -0.2) is 9.59 Å². The van der Waals surface area contributed by atoms with Crippen molar-refractivity contribution in [3.63, 3.8) is 0 Å². The molecule has 0 radical (unpaired) electrons. The van der Waals surface area contributed by atoms with Crippen molar-refractivity contribution in [3.05, 3.63) is 23.8 Å². The zero-order valence-corrected chi connectivity index (χ0v) is 14.9. The fourth-order valence-electron chi connectivity index (χ4n) is 1.82. The Labute approximate surface area is 151 Å². The summed E-state index contributed by atoms with van der Waals surface area (Å²) in [5.41, 5.74) is -2.58. The molecule has 1 rings (SSSR count). The Morgan fingerprint density at radius 3 is 2.15 bits per heavy atom. The highest BCUT2D eigenvalue weighted by Crippen LogP contribution is 2.40. The molecule has 1 amide bonds. The highest BCUT2D eigenvalue weighted by atomic mass is 19.4. The lowest BCUT2D eigenvalue weighted by Crippen LogP contribution is -2.30. The second kappa shape index (κ2) is 7.97. The van der Waals surface area contributed by atoms with E-state index in [1.54, 1.807) is 20.8 Å². The van der Waals surface area contributed by atoms with E-state index in [-0.39, 0.29) is 5.69 Å². The predicted molar refractivity (Wildman–Crippen MR) is 83.5 cm³/mol. The van der Waals surface area contributed by atoms with E-state index in [0.29, 0.717) is 12.1 Å². The van der Waals surface area contributed by atoms with Crippen molar-refractivity contribution in [2.75, 3.05) is 11.9 Å². The Kier molecular flexibility index (Phi) is 6.63. The van der Waals surface area contributed by atoms with Crippen molar-refractivity contribution in [3.8, 4) is 5.75 Å². The maximum absolute atomic E-state index is 14.2. The van der Waals surface area contributed by atoms with Gasteiger partial charge in [0.25, 0.3) is 0 Å². The van der Waals surface area contributed by atoms with Gasteiger partial charge >= 0.3 is 24.3 Å². The number of nitrogens with one attached hydrogen (secondary N) is 1. The molecule has 0 unspecified atom stereocenters. The molecule has 0 aromatic heterocycles. The van der Waals surface area contributed by atoms with Gasteiger partial charge in [-0.3, -0.25) is 5.32 Å². The van der Waals surface area contributed by atoms with Crippen molar-refractivity contribution in [2.45, 2.75) is 45.6 Å². The Morgan fingerprint density at radius 2 is 1.67 bits per heavy atom. The first-order valence-electron chi connectivity index (χ1n) is 7.61. The molecule has 27 heavy (non-hydrogen) atoms. The van der Waals surface area contributed by atoms with Gasteiger partial charge in [0.1, 0.15) is 11.4 Å². The molecule has 152 valence electrons. The molecule has 6 nitrogen and oxygen atoms in total. The van der Waals surface area contributed by atoms with Gasteiger partial charge in [-0.2, -0.15) is 8.78 Å². The summed E-state index contributed by atoms with van der Waals surface area (Å²) in [5, 5.41) is 2.09. The molecule has 0 aliphatic rings. The van der Waals surface area contributed by atoms with E-state index < -0.39 is 47.9 Å². The second-order valence-corrected chi connectivity index (χ2v) is 6.18. The predicted octanol–water partition coefficient (Wildman–Crippen LogP) is 4.59. The minimum absolute atomic E-state index is 0.313. The van der Waals surface area contributed by atoms with Gasteiger partial charge < -0.3 is 14.2 Å². The number of alkyl halides is 5. The van der Waals surface area contributed by atoms with Crippen molar-refractivity contribution in [1.82, 2.24) is 0 Å². The Balaban J connectivity index is 3.26. The summed E-state index contributed by atoms with van der Waals surface area (Å²) in [6.07, 6.45) is -6.34. The minimum atomic E-state index is -5.32. The largest absolute Gasteiger partial charge is 0.573 e. The third-order valence-electron chi connectivity index (χ3n) is 2.72. The smallest absolute Gasteiger partial charge is 0.461 e. The van der Waals surface area contributed by atoms with Crippen LogP contribution in [-0.2, 0) is 20.2 Å². The van der Waals surface area contributed by atoms with Crippen LogP contribution in [0.15, 0.2) is 18.2 Å². The van der Waals surface area contributed by atoms with E-state index in [2.05, 4.69) is 14.8 Å². The van der Waals surface area contributed by atoms with Gasteiger partial charge in [0.15, 0.2) is 0 Å². The molecule has 0 aliphatic carbocycles. The zero-order valence-electron chi connectivity index (χ0n) is 14.9. The number of amides is 1. The highest BCUT2D eigenvalue weighted by molar-refractivity contribution is 5.86. The molecule has 0 fully saturated rings. The SMILES string of the molecule is CCOC(=O)C(F)(F)c1ccc(NC(=O)OC(C)(C)C)cc1OC(F)(F)F. The number of ether oxygens (including phenoxy) is 3. The Hall–Kier alpha value is -2.59. The second-order valence-electron chi connectivity index (χ2n) is 6.18. The average molecular weight is 399 g/mol. The van der Waals surface area contributed by atoms with Gasteiger partial charge in [0, 0.05) is 11.8 Å². The van der Waals surface area contributed by atoms with Crippen LogP contribution in [0.1, 0.15) is 33.3 Å². The summed E-state index contributed by atoms with van der Waals surface area (Å²) < 4.78 is 78.7. The van der Waals surface area contributed by atoms with E-state index >= 15 is 0 Å². The molecule has 0 saturated carbocycles. The summed E-state index contributed by atoms with van der Waals surface area (Å²) in [5.74, 6) is -7.81. The topological polar surface area (TPSA) is 73.9 Å². The number of benzene rings is 1. The first kappa shape index (κ1) is 22.5. The number of halogens is 5. The molecule has 0 spiro atoms. The molecule has 1 aromatic rings. The van der Waals surface area contributed by atoms with Crippen LogP contribution in [0, 0.1) is 0 Å². The number of hydrogen-bond acceptors (Lipinski definition) is 5. The van der Waals surface area contributed by atoms with E-state index in [1.165, 1.54) is 6.92 Å². The maximum Gasteiger partial charge on any atom is 0.573 e. The number of hydrogen-bond donors (Lipinski definition) is 1. The van der Waals surface area contributed by atoms with E-state index in [4.69, 9.17) is 4.74 Å². The first-order chi connectivity index (χ1) is 12.2. The molecule has 0 saturated heterocycles. The maximum atomic E-state index is 14.2. The molecule has 0 atom stereocenters. The number of esters is 1. The fraction of sp³-hybridized carbons (Fsp3) is 0.500. The molecule has 1 N–H and O–H groups in total. The van der Waals surface area contributed by atoms with Crippen LogP contribution in [-0.4, -0.2) is 30.6 Å². The molecule has 0 heterocycles. The van der Waals surface area contributed by atoms with E-state index in [0.717, 1.165) is 6.07 Å². The molecular weight excluding hydrogens is 381 g/mol. The summed E-state index contributed by atoms with van der Waals surface area (Å²) >= 11 is 0. The van der Waals surface area contributed by atoms with Gasteiger partial charge in [-0.1, -0.05) is 0 Å². The van der Waals surface area contributed by atoms with Gasteiger partial charge in [0.2, 0.25) is 0 Å². The Morgan fingerprint density at radius 1 is 1.07 bits per heavy atom. The normalized spacial score (nSPS) is 12.3. The Bertz CT molecular complexity index is 697. The van der Waals surface area contributed by atoms with Gasteiger partial charge in [-0.15, -0.1) is 13.2 Å². The average Bonchev–Trinajstić information content (AvgIpc) is 2.43. The number of rotatable bonds is 5. The van der Waals surface area contributed by atoms with Gasteiger partial charge in [0.05, 0.1) is 12.2 Å². The zero-order chi connectivity index (χ0) is 21.0. The number of carbonyl (C=O) groups excluding carboxylic acids is 2. The monoisotopic (exact) mass is 399 g/mol. The van der Waals surface area contributed by atoms with E-state index in [9.17, 15) is 31.5 Å². The quantitative estimate of drug-likeness (QED) is 0.579. The fourth-order valence-corrected chi connectivity index (χ4v) is 1.82. The molecular formula is C16H18F5NO5. The molecule has 11 heteroatoms. The molecule has 0 bridgehead atoms. The van der Waals surface area contributed by atoms with Crippen LogP contribution in [0.5, 0.6) is 5.75 Å². The summed E-state index contributed by atoms with van der Waals surface area (Å²) in [6.45, 7) is 5.51. The number of carbonyl (C=O) groups is 2. The standard InChI is InChI=1S/C16H18F5NO5/c1-5-25-12(23)15(17,18)10-7-6-9(8-11(10)26-16(19,20)21)22-13(24)27-14(2,3)4/h6-8H,5H2,1-4H3,(H,22,24). The third kappa shape index (κ3) is 6.91. The van der Waals surface area contributed by atoms with Gasteiger partial charge in [-0.05, 0) is 39.8 Å². The third-order valence-corrected chi connectivity index (χ3v) is 2.72. The van der Waals surface area contributed by atoms with Crippen LogP contribution in [0.2, 0.25) is 0 Å². The van der Waals surface area contributed by atoms with Crippen LogP contribution >= 0.6 is 0 Å². The summed E-state index contributed by atoms with van der Waals surface area (Å²) in [4.78, 5) is 23.1. The number of anilines is 1. The van der Waals surface area contributed by atoms with E-state index in [1.807, 2.05) is 0 Å². The lowest BCUT2D eigenvalue weighted by atomic mass is 10.1. The minimum Gasteiger partial charge on any atom is -0.461 e. The highest BCUT2D eigenvalue weighted by Gasteiger charge is 2.47. The summed E-state index contributed by atoms with van der Waals surface area (Å²) in [6, 6.07) is 1.89. The lowest BCUT2D eigenvalue weighted by Gasteiger charge is -2.21. The molecule has 0 aliphatic heterocycles. The van der Waals surface area contributed by atoms with Crippen molar-refractivity contribution in [1.29, 1.82) is 0 Å². The van der Waals surface area contributed by atoms with Crippen molar-refractivity contribution in [2.24, 2.45) is 0 Å². The lowest BCUT2D eigenvalue weighted by molar-refractivity contribution is -0.275. The van der Waals surface area contributed by atoms with Crippen LogP contribution in [0.25, 0.3) is 0 Å². The molecule has 1 aromatic carbocycles.